The second-order valence-corrected chi connectivity index (χ2v) is 20.6. The molecule has 2 nitrogen and oxygen atoms in total. The summed E-state index contributed by atoms with van der Waals surface area (Å²) < 4.78 is 0. The minimum Gasteiger partial charge on any atom is -0.311 e. The smallest absolute Gasteiger partial charge is 0.0468 e. The lowest BCUT2D eigenvalue weighted by atomic mass is 9.86. The first-order valence-electron chi connectivity index (χ1n) is 21.6. The van der Waals surface area contributed by atoms with Gasteiger partial charge in [0.05, 0.1) is 0 Å². The van der Waals surface area contributed by atoms with Crippen LogP contribution in [0.1, 0.15) is 116 Å². The molecule has 2 heteroatoms. The van der Waals surface area contributed by atoms with Crippen LogP contribution in [0.5, 0.6) is 0 Å². The highest BCUT2D eigenvalue weighted by molar-refractivity contribution is 5.91. The minimum absolute atomic E-state index is 0.0935. The maximum atomic E-state index is 2.37. The lowest BCUT2D eigenvalue weighted by Crippen LogP contribution is -2.14. The lowest BCUT2D eigenvalue weighted by Gasteiger charge is -2.28. The molecule has 0 saturated heterocycles. The summed E-state index contributed by atoms with van der Waals surface area (Å²) in [7, 11) is 0. The maximum absolute atomic E-state index is 2.37. The Morgan fingerprint density at radius 3 is 0.867 bits per heavy atom. The summed E-state index contributed by atoms with van der Waals surface area (Å²) in [5.74, 6) is 0. The Labute approximate surface area is 361 Å². The summed E-state index contributed by atoms with van der Waals surface area (Å²) >= 11 is 0. The molecule has 0 unspecified atom stereocenters. The van der Waals surface area contributed by atoms with Gasteiger partial charge in [0.25, 0.3) is 0 Å². The van der Waals surface area contributed by atoms with Crippen LogP contribution < -0.4 is 9.80 Å². The van der Waals surface area contributed by atoms with Crippen molar-refractivity contribution in [1.29, 1.82) is 0 Å². The van der Waals surface area contributed by atoms with Gasteiger partial charge in [-0.2, -0.15) is 0 Å². The van der Waals surface area contributed by atoms with Gasteiger partial charge in [-0.1, -0.05) is 174 Å². The number of nitrogens with zero attached hydrogens (tertiary/aromatic N) is 2. The summed E-state index contributed by atoms with van der Waals surface area (Å²) in [6, 6.07) is 58.7. The van der Waals surface area contributed by atoms with Crippen molar-refractivity contribution in [3.8, 4) is 0 Å². The predicted molar refractivity (Wildman–Crippen MR) is 263 cm³/mol. The molecule has 60 heavy (non-hydrogen) atoms. The first-order chi connectivity index (χ1) is 28.2. The van der Waals surface area contributed by atoms with E-state index in [2.05, 4.69) is 263 Å². The van der Waals surface area contributed by atoms with Crippen molar-refractivity contribution < 1.29 is 0 Å². The van der Waals surface area contributed by atoms with E-state index in [1.54, 1.807) is 0 Å². The monoisotopic (exact) mass is 789 g/mol. The Kier molecular flexibility index (Phi) is 11.5. The fraction of sp³-hybridized carbons (Fsp3) is 0.276. The molecular formula is C58H64N2. The zero-order valence-corrected chi connectivity index (χ0v) is 38.1. The molecule has 7 rings (SSSR count). The van der Waals surface area contributed by atoms with Gasteiger partial charge < -0.3 is 9.80 Å². The summed E-state index contributed by atoms with van der Waals surface area (Å²) in [6.07, 6.45) is 4.43. The van der Waals surface area contributed by atoms with Crippen LogP contribution in [-0.2, 0) is 21.7 Å². The van der Waals surface area contributed by atoms with Crippen molar-refractivity contribution >= 4 is 57.0 Å². The third-order valence-corrected chi connectivity index (χ3v) is 11.7. The quantitative estimate of drug-likeness (QED) is 0.142. The third-order valence-electron chi connectivity index (χ3n) is 11.7. The van der Waals surface area contributed by atoms with E-state index in [-0.39, 0.29) is 21.7 Å². The number of hydrogen-bond acceptors (Lipinski definition) is 2. The highest BCUT2D eigenvalue weighted by Crippen LogP contribution is 2.40. The molecule has 7 aromatic rings. The summed E-state index contributed by atoms with van der Waals surface area (Å²) in [5, 5.41) is 2.43. The van der Waals surface area contributed by atoms with Crippen molar-refractivity contribution in [3.05, 3.63) is 191 Å². The maximum Gasteiger partial charge on any atom is 0.0468 e. The topological polar surface area (TPSA) is 6.48 Å². The number of rotatable bonds is 8. The average Bonchev–Trinajstić information content (AvgIpc) is 3.20. The zero-order valence-electron chi connectivity index (χ0n) is 38.1. The number of fused-ring (bicyclic) bond motifs is 1. The molecule has 0 N–H and O–H groups in total. The molecule has 0 aliphatic carbocycles. The van der Waals surface area contributed by atoms with Crippen molar-refractivity contribution in [2.24, 2.45) is 0 Å². The van der Waals surface area contributed by atoms with Crippen LogP contribution in [0.2, 0.25) is 0 Å². The van der Waals surface area contributed by atoms with E-state index in [0.29, 0.717) is 0 Å². The molecule has 0 saturated carbocycles. The standard InChI is InChI=1S/C58H64N2/c1-55(2,3)45-20-31-50(32-21-45)59(51-33-22-46(23-34-51)56(4,5)6)49-28-16-41(17-29-49)13-14-42-15-18-44-40-54(30-19-43(44)39-42)60(52-35-24-47(25-36-52)57(7,8)9)53-37-26-48(27-38-53)58(10,11)12/h13-40H,1-12H3/b14-13+. The third kappa shape index (κ3) is 9.61. The molecule has 0 spiro atoms. The first kappa shape index (κ1) is 42.3. The van der Waals surface area contributed by atoms with Crippen molar-refractivity contribution in [2.75, 3.05) is 9.80 Å². The van der Waals surface area contributed by atoms with Crippen molar-refractivity contribution in [2.45, 2.75) is 105 Å². The normalized spacial score (nSPS) is 12.6. The van der Waals surface area contributed by atoms with Gasteiger partial charge in [-0.25, -0.2) is 0 Å². The number of hydrogen-bond donors (Lipinski definition) is 0. The van der Waals surface area contributed by atoms with E-state index in [1.807, 2.05) is 0 Å². The lowest BCUT2D eigenvalue weighted by molar-refractivity contribution is 0.590. The van der Waals surface area contributed by atoms with Gasteiger partial charge >= 0.3 is 0 Å². The largest absolute Gasteiger partial charge is 0.311 e. The van der Waals surface area contributed by atoms with Crippen LogP contribution in [0.15, 0.2) is 158 Å². The van der Waals surface area contributed by atoms with E-state index >= 15 is 0 Å². The predicted octanol–water partition coefficient (Wildman–Crippen LogP) is 17.1. The number of anilines is 6. The number of benzene rings is 7. The summed E-state index contributed by atoms with van der Waals surface area (Å²) in [4.78, 5) is 4.73. The SMILES string of the molecule is CC(C)(C)c1ccc(N(c2ccc(/C=C/c3ccc4cc(N(c5ccc(C(C)(C)C)cc5)c5ccc(C(C)(C)C)cc5)ccc4c3)cc2)c2ccc(C(C)(C)C)cc2)cc1. The molecule has 306 valence electrons. The highest BCUT2D eigenvalue weighted by Gasteiger charge is 2.21. The average molecular weight is 789 g/mol. The molecule has 0 aliphatic rings. The van der Waals surface area contributed by atoms with Gasteiger partial charge in [0, 0.05) is 34.1 Å². The Morgan fingerprint density at radius 2 is 0.517 bits per heavy atom. The molecule has 0 atom stereocenters. The zero-order chi connectivity index (χ0) is 43.0. The molecule has 0 aromatic heterocycles. The summed E-state index contributed by atoms with van der Waals surface area (Å²) in [5.41, 5.74) is 14.9. The van der Waals surface area contributed by atoms with Crippen LogP contribution in [-0.4, -0.2) is 0 Å². The van der Waals surface area contributed by atoms with E-state index in [9.17, 15) is 0 Å². The van der Waals surface area contributed by atoms with E-state index in [0.717, 1.165) is 39.7 Å². The van der Waals surface area contributed by atoms with Crippen molar-refractivity contribution in [1.82, 2.24) is 0 Å². The van der Waals surface area contributed by atoms with Crippen LogP contribution in [0, 0.1) is 0 Å². The van der Waals surface area contributed by atoms with Gasteiger partial charge in [0.15, 0.2) is 0 Å². The molecule has 0 bridgehead atoms. The highest BCUT2D eigenvalue weighted by atomic mass is 15.1. The van der Waals surface area contributed by atoms with Crippen molar-refractivity contribution in [3.63, 3.8) is 0 Å². The van der Waals surface area contributed by atoms with Crippen LogP contribution in [0.4, 0.5) is 34.1 Å². The summed E-state index contributed by atoms with van der Waals surface area (Å²) in [6.45, 7) is 27.2. The second-order valence-electron chi connectivity index (χ2n) is 20.6. The van der Waals surface area contributed by atoms with Gasteiger partial charge in [-0.05, 0) is 145 Å². The van der Waals surface area contributed by atoms with E-state index in [1.165, 1.54) is 38.6 Å². The Hall–Kier alpha value is -5.86. The molecule has 0 heterocycles. The van der Waals surface area contributed by atoms with Gasteiger partial charge in [0.2, 0.25) is 0 Å². The fourth-order valence-electron chi connectivity index (χ4n) is 7.76. The van der Waals surface area contributed by atoms with Crippen LogP contribution in [0.25, 0.3) is 22.9 Å². The van der Waals surface area contributed by atoms with Crippen LogP contribution in [0.3, 0.4) is 0 Å². The molecule has 0 aliphatic heterocycles. The van der Waals surface area contributed by atoms with E-state index in [4.69, 9.17) is 0 Å². The first-order valence-corrected chi connectivity index (χ1v) is 21.6. The second kappa shape index (κ2) is 16.3. The Bertz CT molecular complexity index is 2450. The molecule has 7 aromatic carbocycles. The molecule has 0 amide bonds. The Balaban J connectivity index is 1.15. The Morgan fingerprint density at radius 1 is 0.267 bits per heavy atom. The molecule has 0 radical (unpaired) electrons. The van der Waals surface area contributed by atoms with Gasteiger partial charge in [-0.3, -0.25) is 0 Å². The van der Waals surface area contributed by atoms with Gasteiger partial charge in [0.1, 0.15) is 0 Å². The van der Waals surface area contributed by atoms with Crippen LogP contribution >= 0.6 is 0 Å². The molecule has 0 fully saturated rings. The van der Waals surface area contributed by atoms with Gasteiger partial charge in [-0.15, -0.1) is 0 Å². The minimum atomic E-state index is 0.0935. The molecular weight excluding hydrogens is 725 g/mol. The van der Waals surface area contributed by atoms with E-state index < -0.39 is 0 Å². The fourth-order valence-corrected chi connectivity index (χ4v) is 7.76.